The van der Waals surface area contributed by atoms with Crippen LogP contribution < -0.4 is 47.0 Å². The van der Waals surface area contributed by atoms with E-state index >= 15 is 0 Å². The predicted molar refractivity (Wildman–Crippen MR) is 556 cm³/mol. The average Bonchev–Trinajstić information content (AvgIpc) is 1.62. The molecular weight excluding hydrogens is 1670 g/mol. The molecule has 0 aliphatic heterocycles. The molecule has 8 heterocycles. The number of nitrogens with zero attached hydrogens (tertiary/aromatic N) is 5. The lowest BCUT2D eigenvalue weighted by Crippen LogP contribution is -2.74. The molecule has 132 heavy (non-hydrogen) atoms. The summed E-state index contributed by atoms with van der Waals surface area (Å²) in [6.45, 7) is 0. The number of fused-ring (bicyclic) bond motifs is 18. The molecule has 0 saturated heterocycles. The van der Waals surface area contributed by atoms with Crippen LogP contribution in [0.25, 0.3) is 159 Å². The van der Waals surface area contributed by atoms with Crippen LogP contribution in [-0.4, -0.2) is 62.0 Å². The highest BCUT2D eigenvalue weighted by Crippen LogP contribution is 2.41. The van der Waals surface area contributed by atoms with Crippen LogP contribution in [0.3, 0.4) is 0 Å². The Labute approximate surface area is 767 Å². The van der Waals surface area contributed by atoms with Crippen molar-refractivity contribution in [3.05, 3.63) is 485 Å². The van der Waals surface area contributed by atoms with Gasteiger partial charge in [-0.3, -0.25) is 0 Å². The molecule has 0 unspecified atom stereocenters. The molecule has 0 radical (unpaired) electrons. The van der Waals surface area contributed by atoms with Gasteiger partial charge in [0.25, 0.3) is 0 Å². The van der Waals surface area contributed by atoms with Crippen LogP contribution in [-0.2, 0) is 0 Å². The van der Waals surface area contributed by atoms with Gasteiger partial charge in [-0.2, -0.15) is 0 Å². The molecule has 3 N–H and O–H groups in total. The fourth-order valence-corrected chi connectivity index (χ4v) is 29.9. The average molecular weight is 1750 g/mol. The fourth-order valence-electron chi connectivity index (χ4n) is 20.3. The molecule has 0 aliphatic rings. The van der Waals surface area contributed by atoms with E-state index < -0.39 is 23.3 Å². The molecule has 18 aromatic carbocycles. The van der Waals surface area contributed by atoms with Crippen LogP contribution in [0.1, 0.15) is 0 Å². The van der Waals surface area contributed by atoms with E-state index in [0.717, 1.165) is 71.8 Å². The molecule has 0 fully saturated rings. The summed E-state index contributed by atoms with van der Waals surface area (Å²) in [6, 6.07) is 166. The first kappa shape index (κ1) is 80.3. The molecule has 0 atom stereocenters. The van der Waals surface area contributed by atoms with Gasteiger partial charge in [-0.15, -0.1) is 0 Å². The number of furan rings is 2. The largest absolute Gasteiger partial charge is 0.488 e. The third-order valence-electron chi connectivity index (χ3n) is 26.2. The smallest absolute Gasteiger partial charge is 0.454 e. The van der Waals surface area contributed by atoms with E-state index in [2.05, 4.69) is 418 Å². The van der Waals surface area contributed by atoms with Gasteiger partial charge in [-0.05, 0) is 162 Å². The van der Waals surface area contributed by atoms with E-state index in [1.807, 2.05) is 79.0 Å². The Morgan fingerprint density at radius 2 is 0.583 bits per heavy atom. The molecule has 626 valence electrons. The summed E-state index contributed by atoms with van der Waals surface area (Å²) in [5, 5.41) is 44.2. The van der Waals surface area contributed by atoms with E-state index in [1.54, 1.807) is 6.20 Å². The Kier molecular flexibility index (Phi) is 20.7. The zero-order valence-corrected chi connectivity index (χ0v) is 74.3. The fraction of sp³-hybridized carbons (Fsp3) is 0. The number of aromatic amines is 1. The zero-order chi connectivity index (χ0) is 88.2. The van der Waals surface area contributed by atoms with E-state index in [9.17, 15) is 10.0 Å². The second-order valence-corrected chi connectivity index (χ2v) is 41.4. The maximum Gasteiger partial charge on any atom is 0.488 e. The molecule has 10 nitrogen and oxygen atoms in total. The summed E-state index contributed by atoms with van der Waals surface area (Å²) in [7, 11) is -6.62. The number of halogens is 1. The van der Waals surface area contributed by atoms with Crippen LogP contribution in [0.15, 0.2) is 488 Å². The van der Waals surface area contributed by atoms with E-state index in [1.165, 1.54) is 123 Å². The number of rotatable bonds is 13. The minimum absolute atomic E-state index is 0.490. The number of hydrogen-bond donors (Lipinski definition) is 3. The second kappa shape index (κ2) is 34.1. The van der Waals surface area contributed by atoms with Gasteiger partial charge in [-0.1, -0.05) is 370 Å². The molecule has 0 bridgehead atoms. The SMILES string of the molecule is Clc1cc2c(cn1)oc1ccccc12.OB(O)c1ccc([Si](c2ccccc2)(c2ccccc2)c2ccccc2)cc1.c1ccc([Si](c2ccccc2)(c2ccccc2)c2ccc(-c3cnc4oc5ccc(-n6c7ccccc7c7cc(-n8c9ccccc9c9ccccc98)ccc76)cc5c4c3)cc2)cc1.c1ccc2c(c1)[nH]c1ccc(-n3c4ccccc4c4ccccc43)cc12. The second-order valence-electron chi connectivity index (χ2n) is 33.4. The zero-order valence-electron chi connectivity index (χ0n) is 71.5. The minimum atomic E-state index is -2.64. The monoisotopic (exact) mass is 1750 g/mol. The maximum atomic E-state index is 9.54. The topological polar surface area (TPSA) is 123 Å². The van der Waals surface area contributed by atoms with Crippen molar-refractivity contribution in [1.29, 1.82) is 0 Å². The summed E-state index contributed by atoms with van der Waals surface area (Å²) >= 11 is 5.82. The van der Waals surface area contributed by atoms with Crippen molar-refractivity contribution in [2.24, 2.45) is 0 Å². The van der Waals surface area contributed by atoms with Crippen molar-refractivity contribution >= 4 is 213 Å². The van der Waals surface area contributed by atoms with Gasteiger partial charge in [0.1, 0.15) is 16.3 Å². The summed E-state index contributed by atoms with van der Waals surface area (Å²) in [5.74, 6) is 0. The van der Waals surface area contributed by atoms with Gasteiger partial charge in [0.05, 0.1) is 39.3 Å². The van der Waals surface area contributed by atoms with Gasteiger partial charge in [-0.25, -0.2) is 9.97 Å². The number of hydrogen-bond acceptors (Lipinski definition) is 6. The van der Waals surface area contributed by atoms with Gasteiger partial charge < -0.3 is 37.6 Å². The number of aromatic nitrogens is 6. The number of benzene rings is 18. The first-order chi connectivity index (χ1) is 65.2. The van der Waals surface area contributed by atoms with Crippen molar-refractivity contribution in [1.82, 2.24) is 28.7 Å². The van der Waals surface area contributed by atoms with Crippen LogP contribution in [0, 0.1) is 0 Å². The molecule has 14 heteroatoms. The van der Waals surface area contributed by atoms with Crippen molar-refractivity contribution in [3.63, 3.8) is 0 Å². The molecule has 26 rings (SSSR count). The highest BCUT2D eigenvalue weighted by molar-refractivity contribution is 7.20. The van der Waals surface area contributed by atoms with E-state index in [0.29, 0.717) is 16.3 Å². The first-order valence-electron chi connectivity index (χ1n) is 44.4. The normalized spacial score (nSPS) is 11.8. The van der Waals surface area contributed by atoms with Crippen molar-refractivity contribution in [3.8, 4) is 28.2 Å². The first-order valence-corrected chi connectivity index (χ1v) is 48.8. The lowest BCUT2D eigenvalue weighted by atomic mass is 9.81. The third kappa shape index (κ3) is 14.0. The maximum absolute atomic E-state index is 9.54. The summed E-state index contributed by atoms with van der Waals surface area (Å²) in [6.07, 6.45) is 3.59. The van der Waals surface area contributed by atoms with Crippen molar-refractivity contribution in [2.45, 2.75) is 0 Å². The quantitative estimate of drug-likeness (QED) is 0.0600. The summed E-state index contributed by atoms with van der Waals surface area (Å²) in [5.41, 5.74) is 18.7. The Balaban J connectivity index is 0.000000118. The van der Waals surface area contributed by atoms with Gasteiger partial charge >= 0.3 is 7.12 Å². The number of pyridine rings is 2. The summed E-state index contributed by atoms with van der Waals surface area (Å²) < 4.78 is 19.1. The lowest BCUT2D eigenvalue weighted by Gasteiger charge is -2.34. The Bertz CT molecular complexity index is 8470. The van der Waals surface area contributed by atoms with Gasteiger partial charge in [0.15, 0.2) is 21.7 Å². The molecule has 0 aliphatic carbocycles. The van der Waals surface area contributed by atoms with Crippen LogP contribution >= 0.6 is 11.6 Å². The number of para-hydroxylation sites is 7. The van der Waals surface area contributed by atoms with Crippen LogP contribution in [0.5, 0.6) is 0 Å². The minimum Gasteiger partial charge on any atom is -0.454 e. The molecular formula is C118H82BClN6O4Si2. The Hall–Kier alpha value is -16.2. The van der Waals surface area contributed by atoms with Crippen molar-refractivity contribution < 1.29 is 18.9 Å². The predicted octanol–water partition coefficient (Wildman–Crippen LogP) is 23.0. The molecule has 8 aromatic heterocycles. The van der Waals surface area contributed by atoms with E-state index in [4.69, 9.17) is 25.4 Å². The van der Waals surface area contributed by atoms with Gasteiger partial charge in [0, 0.05) is 104 Å². The van der Waals surface area contributed by atoms with E-state index in [-0.39, 0.29) is 0 Å². The molecule has 26 aromatic rings. The molecule has 0 saturated carbocycles. The summed E-state index contributed by atoms with van der Waals surface area (Å²) in [4.78, 5) is 12.4. The van der Waals surface area contributed by atoms with Crippen LogP contribution in [0.4, 0.5) is 0 Å². The standard InChI is InChI=1S/C59H39N3OSi.C24H21BO2Si.C24H16N2.C11H6ClNO/c1-4-16-44(17-5-1)64(45-18-6-2-7-19-45,46-20-8-3-9-21-46)47-32-28-40(29-33-47)41-36-53-52-38-43(31-35-58(52)63-59(53)60-39-41)62-56-27-15-12-24-50(56)51-37-42(30-34-57(51)62)61-54-25-13-10-22-48(54)49-23-11-14-26-55(49)61;26-25(27)20-16-18-24(19-17-20)28(21-10-4-1-5-11-21,22-12-6-2-7-13-22)23-14-8-3-9-15-23;1-4-10-21-17(7-1)20-15-16(13-14-22(20)25-21)26-23-11-5-2-8-18(23)19-9-3-6-12-24(19)26;12-11-5-8-7-3-1-2-4-9(7)14-10(8)6-13-11/h1-39H;1-19,26-27H;1-15,25H;1-6H. The number of nitrogens with one attached hydrogen (secondary N) is 1. The van der Waals surface area contributed by atoms with Gasteiger partial charge in [0.2, 0.25) is 5.71 Å². The highest BCUT2D eigenvalue weighted by atomic mass is 35.5. The molecule has 0 spiro atoms. The van der Waals surface area contributed by atoms with Crippen molar-refractivity contribution in [2.75, 3.05) is 0 Å². The highest BCUT2D eigenvalue weighted by Gasteiger charge is 2.43. The Morgan fingerprint density at radius 1 is 0.242 bits per heavy atom. The number of H-pyrrole nitrogens is 1. The molecule has 0 amide bonds. The van der Waals surface area contributed by atoms with Crippen LogP contribution in [0.2, 0.25) is 5.15 Å². The third-order valence-corrected chi connectivity index (χ3v) is 36.0. The lowest BCUT2D eigenvalue weighted by molar-refractivity contribution is 0.426. The Morgan fingerprint density at radius 3 is 1.05 bits per heavy atom.